The summed E-state index contributed by atoms with van der Waals surface area (Å²) in [5.74, 6) is 1.14. The van der Waals surface area contributed by atoms with Crippen molar-refractivity contribution in [3.63, 3.8) is 0 Å². The number of nitrogens with zero attached hydrogens (tertiary/aromatic N) is 2. The molecule has 0 amide bonds. The minimum absolute atomic E-state index is 0.0659. The Bertz CT molecular complexity index is 638. The Hall–Kier alpha value is -2.57. The zero-order valence-electron chi connectivity index (χ0n) is 10.9. The molecule has 2 heterocycles. The predicted molar refractivity (Wildman–Crippen MR) is 68.8 cm³/mol. The average Bonchev–Trinajstić information content (AvgIpc) is 2.97. The van der Waals surface area contributed by atoms with Gasteiger partial charge in [0.2, 0.25) is 5.82 Å². The van der Waals surface area contributed by atoms with Crippen molar-refractivity contribution in [1.29, 1.82) is 0 Å². The highest BCUT2D eigenvalue weighted by molar-refractivity contribution is 5.86. The molecule has 3 rings (SSSR count). The SMILES string of the molecule is CCOC(=O)c1nc(-c2cccc3c2OCCO3)n[nH]1. The van der Waals surface area contributed by atoms with Gasteiger partial charge in [-0.1, -0.05) is 6.07 Å². The van der Waals surface area contributed by atoms with Crippen LogP contribution in [0, 0.1) is 0 Å². The second-order valence-corrected chi connectivity index (χ2v) is 4.06. The fourth-order valence-corrected chi connectivity index (χ4v) is 1.92. The van der Waals surface area contributed by atoms with E-state index in [1.807, 2.05) is 18.2 Å². The number of benzene rings is 1. The topological polar surface area (TPSA) is 86.3 Å². The number of carbonyl (C=O) groups excluding carboxylic acids is 1. The van der Waals surface area contributed by atoms with Gasteiger partial charge in [-0.2, -0.15) is 5.10 Å². The van der Waals surface area contributed by atoms with Crippen LogP contribution in [-0.4, -0.2) is 41.0 Å². The van der Waals surface area contributed by atoms with Crippen molar-refractivity contribution in [1.82, 2.24) is 15.2 Å². The van der Waals surface area contributed by atoms with Gasteiger partial charge in [0.25, 0.3) is 0 Å². The maximum absolute atomic E-state index is 11.6. The number of rotatable bonds is 3. The maximum atomic E-state index is 11.6. The lowest BCUT2D eigenvalue weighted by molar-refractivity contribution is 0.0512. The van der Waals surface area contributed by atoms with E-state index >= 15 is 0 Å². The van der Waals surface area contributed by atoms with E-state index in [-0.39, 0.29) is 12.4 Å². The van der Waals surface area contributed by atoms with Crippen molar-refractivity contribution < 1.29 is 19.0 Å². The van der Waals surface area contributed by atoms with Crippen LogP contribution in [0.25, 0.3) is 11.4 Å². The molecular weight excluding hydrogens is 262 g/mol. The fourth-order valence-electron chi connectivity index (χ4n) is 1.92. The Morgan fingerprint density at radius 1 is 1.40 bits per heavy atom. The maximum Gasteiger partial charge on any atom is 0.375 e. The van der Waals surface area contributed by atoms with Crippen molar-refractivity contribution in [2.45, 2.75) is 6.92 Å². The number of carbonyl (C=O) groups is 1. The highest BCUT2D eigenvalue weighted by Gasteiger charge is 2.21. The van der Waals surface area contributed by atoms with Gasteiger partial charge in [0.05, 0.1) is 12.2 Å². The Morgan fingerprint density at radius 2 is 2.25 bits per heavy atom. The van der Waals surface area contributed by atoms with Gasteiger partial charge in [0.1, 0.15) is 13.2 Å². The quantitative estimate of drug-likeness (QED) is 0.852. The lowest BCUT2D eigenvalue weighted by Gasteiger charge is -2.19. The van der Waals surface area contributed by atoms with Gasteiger partial charge >= 0.3 is 5.97 Å². The van der Waals surface area contributed by atoms with Gasteiger partial charge in [-0.15, -0.1) is 0 Å². The van der Waals surface area contributed by atoms with Crippen molar-refractivity contribution in [2.75, 3.05) is 19.8 Å². The predicted octanol–water partition coefficient (Wildman–Crippen LogP) is 1.42. The fraction of sp³-hybridized carbons (Fsp3) is 0.308. The minimum atomic E-state index is -0.534. The summed E-state index contributed by atoms with van der Waals surface area (Å²) in [6, 6.07) is 5.45. The number of ether oxygens (including phenoxy) is 3. The van der Waals surface area contributed by atoms with Crippen LogP contribution in [0.1, 0.15) is 17.5 Å². The molecule has 7 heteroatoms. The zero-order valence-corrected chi connectivity index (χ0v) is 10.9. The third kappa shape index (κ3) is 2.18. The molecule has 0 fully saturated rings. The molecule has 0 spiro atoms. The van der Waals surface area contributed by atoms with Crippen molar-refractivity contribution in [3.8, 4) is 22.9 Å². The van der Waals surface area contributed by atoms with Gasteiger partial charge in [0, 0.05) is 0 Å². The smallest absolute Gasteiger partial charge is 0.375 e. The van der Waals surface area contributed by atoms with Crippen LogP contribution in [0.15, 0.2) is 18.2 Å². The summed E-state index contributed by atoms with van der Waals surface area (Å²) in [5, 5.41) is 6.59. The van der Waals surface area contributed by atoms with Crippen molar-refractivity contribution in [3.05, 3.63) is 24.0 Å². The Kier molecular flexibility index (Phi) is 3.24. The Balaban J connectivity index is 1.96. The van der Waals surface area contributed by atoms with Crippen LogP contribution in [0.4, 0.5) is 0 Å². The first-order valence-corrected chi connectivity index (χ1v) is 6.28. The highest BCUT2D eigenvalue weighted by atomic mass is 16.6. The summed E-state index contributed by atoms with van der Waals surface area (Å²) in [6.45, 7) is 3.00. The molecule has 104 valence electrons. The van der Waals surface area contributed by atoms with E-state index in [0.717, 1.165) is 0 Å². The molecule has 1 aliphatic heterocycles. The zero-order chi connectivity index (χ0) is 13.9. The lowest BCUT2D eigenvalue weighted by Crippen LogP contribution is -2.16. The molecule has 0 unspecified atom stereocenters. The van der Waals surface area contributed by atoms with E-state index in [1.165, 1.54) is 0 Å². The number of hydrogen-bond donors (Lipinski definition) is 1. The van der Waals surface area contributed by atoms with Gasteiger partial charge in [0.15, 0.2) is 17.3 Å². The Labute approximate surface area is 114 Å². The first kappa shape index (κ1) is 12.5. The molecule has 1 aromatic carbocycles. The van der Waals surface area contributed by atoms with Crippen LogP contribution >= 0.6 is 0 Å². The second kappa shape index (κ2) is 5.20. The molecule has 20 heavy (non-hydrogen) atoms. The molecule has 0 atom stereocenters. The van der Waals surface area contributed by atoms with Crippen LogP contribution in [0.5, 0.6) is 11.5 Å². The molecule has 1 aliphatic rings. The summed E-state index contributed by atoms with van der Waals surface area (Å²) in [7, 11) is 0. The van der Waals surface area contributed by atoms with Crippen LogP contribution in [0.3, 0.4) is 0 Å². The van der Waals surface area contributed by atoms with E-state index < -0.39 is 5.97 Å². The first-order valence-electron chi connectivity index (χ1n) is 6.28. The van der Waals surface area contributed by atoms with E-state index in [9.17, 15) is 4.79 Å². The van der Waals surface area contributed by atoms with E-state index in [4.69, 9.17) is 14.2 Å². The van der Waals surface area contributed by atoms with E-state index in [2.05, 4.69) is 15.2 Å². The molecule has 1 N–H and O–H groups in total. The third-order valence-electron chi connectivity index (χ3n) is 2.76. The summed E-state index contributed by atoms with van der Waals surface area (Å²) in [6.07, 6.45) is 0. The highest BCUT2D eigenvalue weighted by Crippen LogP contribution is 2.38. The molecule has 0 saturated carbocycles. The molecule has 1 aromatic heterocycles. The van der Waals surface area contributed by atoms with Gasteiger partial charge < -0.3 is 14.2 Å². The Morgan fingerprint density at radius 3 is 3.10 bits per heavy atom. The summed E-state index contributed by atoms with van der Waals surface area (Å²) >= 11 is 0. The van der Waals surface area contributed by atoms with Gasteiger partial charge in [-0.3, -0.25) is 5.10 Å². The van der Waals surface area contributed by atoms with Crippen molar-refractivity contribution >= 4 is 5.97 Å². The van der Waals surface area contributed by atoms with Crippen LogP contribution < -0.4 is 9.47 Å². The van der Waals surface area contributed by atoms with Crippen LogP contribution in [-0.2, 0) is 4.74 Å². The molecule has 2 aromatic rings. The number of esters is 1. The molecule has 0 radical (unpaired) electrons. The van der Waals surface area contributed by atoms with E-state index in [1.54, 1.807) is 6.92 Å². The van der Waals surface area contributed by atoms with Gasteiger partial charge in [-0.25, -0.2) is 9.78 Å². The summed E-state index contributed by atoms with van der Waals surface area (Å²) in [4.78, 5) is 15.7. The average molecular weight is 275 g/mol. The second-order valence-electron chi connectivity index (χ2n) is 4.06. The largest absolute Gasteiger partial charge is 0.486 e. The van der Waals surface area contributed by atoms with Crippen LogP contribution in [0.2, 0.25) is 0 Å². The number of H-pyrrole nitrogens is 1. The monoisotopic (exact) mass is 275 g/mol. The standard InChI is InChI=1S/C13H13N3O4/c1-2-18-13(17)12-14-11(15-16-12)8-4-3-5-9-10(8)20-7-6-19-9/h3-5H,2,6-7H2,1H3,(H,14,15,16). The third-order valence-corrected chi connectivity index (χ3v) is 2.76. The molecule has 0 saturated heterocycles. The molecule has 7 nitrogen and oxygen atoms in total. The molecule has 0 aliphatic carbocycles. The summed E-state index contributed by atoms with van der Waals surface area (Å²) in [5.41, 5.74) is 0.675. The van der Waals surface area contributed by atoms with E-state index in [0.29, 0.717) is 36.1 Å². The minimum Gasteiger partial charge on any atom is -0.486 e. The molecular formula is C13H13N3O4. The normalized spacial score (nSPS) is 13.1. The summed E-state index contributed by atoms with van der Waals surface area (Å²) < 4.78 is 15.9. The number of hydrogen-bond acceptors (Lipinski definition) is 6. The lowest BCUT2D eigenvalue weighted by atomic mass is 10.1. The van der Waals surface area contributed by atoms with Gasteiger partial charge in [-0.05, 0) is 19.1 Å². The van der Waals surface area contributed by atoms with Crippen molar-refractivity contribution in [2.24, 2.45) is 0 Å². The number of aromatic nitrogens is 3. The number of fused-ring (bicyclic) bond motifs is 1. The first-order chi connectivity index (χ1) is 9.79. The number of para-hydroxylation sites is 1. The molecule has 0 bridgehead atoms. The number of aromatic amines is 1. The number of nitrogens with one attached hydrogen (secondary N) is 1.